The van der Waals surface area contributed by atoms with E-state index in [2.05, 4.69) is 6.92 Å². The van der Waals surface area contributed by atoms with Crippen LogP contribution in [0.5, 0.6) is 0 Å². The Bertz CT molecular complexity index is 646. The molecule has 0 heterocycles. The van der Waals surface area contributed by atoms with Crippen molar-refractivity contribution in [2.45, 2.75) is 76.8 Å². The Labute approximate surface area is 155 Å². The van der Waals surface area contributed by atoms with E-state index in [0.29, 0.717) is 19.3 Å². The second-order valence-electron chi connectivity index (χ2n) is 9.82. The number of Topliss-reactive ketones (excluding diaryl/α,β-unsaturated/α-hetero) is 1. The molecule has 0 aromatic rings. The summed E-state index contributed by atoms with van der Waals surface area (Å²) in [5.74, 6) is -0.300. The molecule has 3 saturated carbocycles. The maximum absolute atomic E-state index is 12.3. The topological polar surface area (TPSA) is 98.0 Å². The highest BCUT2D eigenvalue weighted by atomic mass is 16.3. The minimum Gasteiger partial charge on any atom is -0.390 e. The van der Waals surface area contributed by atoms with E-state index in [0.717, 1.165) is 12.8 Å². The number of hydrogen-bond acceptors (Lipinski definition) is 5. The second kappa shape index (κ2) is 5.63. The van der Waals surface area contributed by atoms with Gasteiger partial charge in [0.2, 0.25) is 0 Å². The first-order valence-corrected chi connectivity index (χ1v) is 10.0. The van der Waals surface area contributed by atoms with Gasteiger partial charge in [0.15, 0.2) is 5.78 Å². The van der Waals surface area contributed by atoms with Crippen LogP contribution in [-0.2, 0) is 4.79 Å². The highest BCUT2D eigenvalue weighted by molar-refractivity contribution is 5.86. The van der Waals surface area contributed by atoms with Gasteiger partial charge in [0.1, 0.15) is 5.60 Å². The van der Waals surface area contributed by atoms with Gasteiger partial charge in [0.05, 0.1) is 18.3 Å². The van der Waals surface area contributed by atoms with Crippen LogP contribution in [0.15, 0.2) is 12.2 Å². The van der Waals surface area contributed by atoms with Crippen LogP contribution in [0, 0.1) is 34.5 Å². The fraction of sp³-hybridized carbons (Fsp3) is 0.857. The molecule has 5 heteroatoms. The molecule has 0 spiro atoms. The van der Waals surface area contributed by atoms with Crippen LogP contribution in [0.2, 0.25) is 0 Å². The van der Waals surface area contributed by atoms with Gasteiger partial charge in [0, 0.05) is 5.41 Å². The minimum absolute atomic E-state index is 0.0119. The summed E-state index contributed by atoms with van der Waals surface area (Å²) in [7, 11) is 0. The molecule has 4 aliphatic carbocycles. The first kappa shape index (κ1) is 18.6. The van der Waals surface area contributed by atoms with Crippen LogP contribution in [-0.4, -0.2) is 50.1 Å². The van der Waals surface area contributed by atoms with Crippen molar-refractivity contribution in [2.75, 3.05) is 0 Å². The second-order valence-corrected chi connectivity index (χ2v) is 9.82. The molecule has 1 unspecified atom stereocenters. The number of aliphatic hydroxyl groups is 4. The van der Waals surface area contributed by atoms with Crippen molar-refractivity contribution >= 4 is 5.78 Å². The summed E-state index contributed by atoms with van der Waals surface area (Å²) in [6, 6.07) is 0. The highest BCUT2D eigenvalue weighted by Crippen LogP contribution is 2.67. The van der Waals surface area contributed by atoms with E-state index in [-0.39, 0.29) is 34.9 Å². The average molecular weight is 364 g/mol. The lowest BCUT2D eigenvalue weighted by Gasteiger charge is -2.62. The fourth-order valence-electron chi connectivity index (χ4n) is 7.40. The lowest BCUT2D eigenvalue weighted by atomic mass is 9.44. The van der Waals surface area contributed by atoms with Crippen LogP contribution in [0.3, 0.4) is 0 Å². The van der Waals surface area contributed by atoms with Gasteiger partial charge in [0.25, 0.3) is 0 Å². The Morgan fingerprint density at radius 1 is 1.00 bits per heavy atom. The van der Waals surface area contributed by atoms with Crippen molar-refractivity contribution in [3.8, 4) is 0 Å². The summed E-state index contributed by atoms with van der Waals surface area (Å²) in [4.78, 5) is 12.3. The molecule has 0 saturated heterocycles. The summed E-state index contributed by atoms with van der Waals surface area (Å²) < 4.78 is 0. The average Bonchev–Trinajstić information content (AvgIpc) is 2.87. The quantitative estimate of drug-likeness (QED) is 0.528. The normalized spacial score (nSPS) is 58.7. The predicted octanol–water partition coefficient (Wildman–Crippen LogP) is 1.43. The maximum Gasteiger partial charge on any atom is 0.161 e. The van der Waals surface area contributed by atoms with E-state index in [4.69, 9.17) is 0 Å². The van der Waals surface area contributed by atoms with E-state index in [9.17, 15) is 25.2 Å². The molecule has 0 radical (unpaired) electrons. The number of carbonyl (C=O) groups excluding carboxylic acids is 1. The number of fused-ring (bicyclic) bond motifs is 5. The molecule has 5 nitrogen and oxygen atoms in total. The van der Waals surface area contributed by atoms with Crippen molar-refractivity contribution in [3.63, 3.8) is 0 Å². The zero-order valence-corrected chi connectivity index (χ0v) is 15.9. The molecule has 3 fully saturated rings. The van der Waals surface area contributed by atoms with Crippen LogP contribution in [0.1, 0.15) is 52.9 Å². The van der Waals surface area contributed by atoms with Crippen LogP contribution >= 0.6 is 0 Å². The summed E-state index contributed by atoms with van der Waals surface area (Å²) in [5, 5.41) is 43.2. The summed E-state index contributed by atoms with van der Waals surface area (Å²) in [6.07, 6.45) is 4.68. The van der Waals surface area contributed by atoms with Gasteiger partial charge >= 0.3 is 0 Å². The molecular formula is C21H32O5. The van der Waals surface area contributed by atoms with Gasteiger partial charge < -0.3 is 20.4 Å². The Morgan fingerprint density at radius 2 is 1.65 bits per heavy atom. The molecule has 146 valence electrons. The molecule has 0 aromatic heterocycles. The molecule has 4 aliphatic rings. The largest absolute Gasteiger partial charge is 0.390 e. The Morgan fingerprint density at radius 3 is 2.31 bits per heavy atom. The fourth-order valence-corrected chi connectivity index (χ4v) is 7.40. The van der Waals surface area contributed by atoms with E-state index < -0.39 is 29.3 Å². The first-order chi connectivity index (χ1) is 12.1. The molecule has 0 aromatic carbocycles. The van der Waals surface area contributed by atoms with Crippen molar-refractivity contribution < 1.29 is 25.2 Å². The molecule has 10 atom stereocenters. The highest BCUT2D eigenvalue weighted by Gasteiger charge is 2.68. The lowest BCUT2D eigenvalue weighted by Crippen LogP contribution is -2.65. The number of ketones is 1. The number of rotatable bonds is 1. The van der Waals surface area contributed by atoms with E-state index >= 15 is 0 Å². The predicted molar refractivity (Wildman–Crippen MR) is 96.1 cm³/mol. The van der Waals surface area contributed by atoms with E-state index in [1.165, 1.54) is 6.92 Å². The van der Waals surface area contributed by atoms with Gasteiger partial charge in [-0.2, -0.15) is 0 Å². The van der Waals surface area contributed by atoms with Crippen molar-refractivity contribution in [1.82, 2.24) is 0 Å². The smallest absolute Gasteiger partial charge is 0.161 e. The number of aliphatic hydroxyl groups excluding tert-OH is 3. The third kappa shape index (κ3) is 2.09. The summed E-state index contributed by atoms with van der Waals surface area (Å²) in [6.45, 7) is 5.60. The number of carbonyl (C=O) groups is 1. The molecule has 26 heavy (non-hydrogen) atoms. The zero-order chi connectivity index (χ0) is 19.1. The molecule has 0 aliphatic heterocycles. The summed E-state index contributed by atoms with van der Waals surface area (Å²) >= 11 is 0. The van der Waals surface area contributed by atoms with Crippen molar-refractivity contribution in [1.29, 1.82) is 0 Å². The Hall–Kier alpha value is -0.750. The molecule has 4 rings (SSSR count). The molecule has 0 amide bonds. The van der Waals surface area contributed by atoms with Crippen molar-refractivity contribution in [3.05, 3.63) is 12.2 Å². The molecule has 4 N–H and O–H groups in total. The number of allylic oxidation sites excluding steroid dienone is 1. The van der Waals surface area contributed by atoms with Gasteiger partial charge in [-0.15, -0.1) is 0 Å². The van der Waals surface area contributed by atoms with E-state index in [1.54, 1.807) is 0 Å². The standard InChI is InChI=1S/C21H32O5/c1-11(22)21(26)9-6-14-16-13(5-8-20(14,21)3)19(2)7-4-12(23)10-15(19)17(24)18(16)25/h4,7,12-18,23-26H,5-6,8-10H2,1-3H3/t12-,13-,14-,15?,16+,17-,18+,19+,20-,21-/m0/s1. The minimum atomic E-state index is -1.33. The first-order valence-electron chi connectivity index (χ1n) is 10.0. The van der Waals surface area contributed by atoms with Crippen LogP contribution in [0.25, 0.3) is 0 Å². The van der Waals surface area contributed by atoms with Gasteiger partial charge in [-0.3, -0.25) is 4.79 Å². The monoisotopic (exact) mass is 364 g/mol. The number of hydrogen-bond donors (Lipinski definition) is 4. The zero-order valence-electron chi connectivity index (χ0n) is 15.9. The van der Waals surface area contributed by atoms with Gasteiger partial charge in [-0.1, -0.05) is 26.0 Å². The van der Waals surface area contributed by atoms with Crippen LogP contribution in [0.4, 0.5) is 0 Å². The lowest BCUT2D eigenvalue weighted by molar-refractivity contribution is -0.210. The van der Waals surface area contributed by atoms with Crippen LogP contribution < -0.4 is 0 Å². The molecular weight excluding hydrogens is 332 g/mol. The SMILES string of the molecule is CC(=O)[C@@]1(O)CC[C@H]2[C@@H]3[C@@H](O)[C@@H](O)C4C[C@@H](O)C=C[C@]4(C)[C@H]3CC[C@@]21C. The van der Waals surface area contributed by atoms with Crippen molar-refractivity contribution in [2.24, 2.45) is 34.5 Å². The van der Waals surface area contributed by atoms with E-state index in [1.807, 2.05) is 19.1 Å². The Balaban J connectivity index is 1.77. The Kier molecular flexibility index (Phi) is 4.03. The third-order valence-electron chi connectivity index (χ3n) is 8.99. The van der Waals surface area contributed by atoms with Gasteiger partial charge in [-0.25, -0.2) is 0 Å². The third-order valence-corrected chi connectivity index (χ3v) is 8.99. The van der Waals surface area contributed by atoms with Gasteiger partial charge in [-0.05, 0) is 68.1 Å². The maximum atomic E-state index is 12.3. The summed E-state index contributed by atoms with van der Waals surface area (Å²) in [5.41, 5.74) is -2.16. The molecule has 0 bridgehead atoms.